The number of rotatable bonds is 4. The highest BCUT2D eigenvalue weighted by Crippen LogP contribution is 2.22. The summed E-state index contributed by atoms with van der Waals surface area (Å²) >= 11 is 0. The van der Waals surface area contributed by atoms with Crippen LogP contribution in [-0.2, 0) is 0 Å². The van der Waals surface area contributed by atoms with Gasteiger partial charge in [0.2, 0.25) is 0 Å². The molecule has 2 rings (SSSR count). The molecule has 0 aliphatic carbocycles. The molecule has 0 amide bonds. The van der Waals surface area contributed by atoms with Crippen molar-refractivity contribution in [2.45, 2.75) is 6.42 Å². The summed E-state index contributed by atoms with van der Waals surface area (Å²) in [5, 5.41) is 0. The molecule has 2 aromatic rings. The van der Waals surface area contributed by atoms with Crippen molar-refractivity contribution in [1.29, 1.82) is 0 Å². The van der Waals surface area contributed by atoms with E-state index in [1.54, 1.807) is 6.07 Å². The normalized spacial score (nSPS) is 11.1. The molecule has 0 aromatic heterocycles. The number of hydrogen-bond donors (Lipinski definition) is 1. The molecule has 0 atom stereocenters. The molecule has 2 aromatic carbocycles. The summed E-state index contributed by atoms with van der Waals surface area (Å²) in [6, 6.07) is 11.5. The van der Waals surface area contributed by atoms with Crippen molar-refractivity contribution in [2.24, 2.45) is 5.73 Å². The van der Waals surface area contributed by atoms with Gasteiger partial charge in [0.25, 0.3) is 0 Å². The van der Waals surface area contributed by atoms with E-state index in [1.807, 2.05) is 36.4 Å². The molecule has 98 valence electrons. The maximum atomic E-state index is 13.2. The molecule has 2 N–H and O–H groups in total. The lowest BCUT2D eigenvalue weighted by Gasteiger charge is -2.03. The van der Waals surface area contributed by atoms with Gasteiger partial charge in [-0.15, -0.1) is 0 Å². The Morgan fingerprint density at radius 3 is 2.21 bits per heavy atom. The maximum Gasteiger partial charge on any atom is 0.159 e. The Morgan fingerprint density at radius 2 is 1.58 bits per heavy atom. The monoisotopic (exact) mass is 259 g/mol. The third kappa shape index (κ3) is 3.48. The van der Waals surface area contributed by atoms with Gasteiger partial charge in [-0.1, -0.05) is 42.5 Å². The molecule has 0 bridgehead atoms. The summed E-state index contributed by atoms with van der Waals surface area (Å²) < 4.78 is 26.0. The second-order valence-electron chi connectivity index (χ2n) is 4.23. The second kappa shape index (κ2) is 6.25. The minimum absolute atomic E-state index is 0.628. The summed E-state index contributed by atoms with van der Waals surface area (Å²) in [6.45, 7) is 0.628. The second-order valence-corrected chi connectivity index (χ2v) is 4.23. The first kappa shape index (κ1) is 13.4. The zero-order valence-electron chi connectivity index (χ0n) is 10.4. The van der Waals surface area contributed by atoms with E-state index in [0.717, 1.165) is 23.6 Å². The molecule has 0 aliphatic rings. The standard InChI is InChI=1S/C16H15F2N/c17-15-9-8-14(11-16(15)18)13-6-4-12(5-7-13)3-1-2-10-19/h1,3-9,11H,2,10,19H2/b3-1+. The van der Waals surface area contributed by atoms with E-state index in [2.05, 4.69) is 0 Å². The van der Waals surface area contributed by atoms with Gasteiger partial charge in [-0.3, -0.25) is 0 Å². The molecule has 0 aliphatic heterocycles. The largest absolute Gasteiger partial charge is 0.330 e. The van der Waals surface area contributed by atoms with E-state index in [-0.39, 0.29) is 0 Å². The minimum Gasteiger partial charge on any atom is -0.330 e. The summed E-state index contributed by atoms with van der Waals surface area (Å²) in [5.74, 6) is -1.66. The average Bonchev–Trinajstić information content (AvgIpc) is 2.43. The molecule has 0 heterocycles. The molecule has 1 nitrogen and oxygen atoms in total. The minimum atomic E-state index is -0.829. The van der Waals surface area contributed by atoms with Gasteiger partial charge >= 0.3 is 0 Å². The van der Waals surface area contributed by atoms with Crippen molar-refractivity contribution in [3.8, 4) is 11.1 Å². The van der Waals surface area contributed by atoms with E-state index < -0.39 is 11.6 Å². The molecule has 0 unspecified atom stereocenters. The van der Waals surface area contributed by atoms with Crippen LogP contribution in [0.1, 0.15) is 12.0 Å². The molecule has 0 spiro atoms. The Labute approximate surface area is 111 Å². The first-order chi connectivity index (χ1) is 9.20. The highest BCUT2D eigenvalue weighted by molar-refractivity contribution is 5.65. The SMILES string of the molecule is NCC/C=C/c1ccc(-c2ccc(F)c(F)c2)cc1. The third-order valence-electron chi connectivity index (χ3n) is 2.81. The molecule has 19 heavy (non-hydrogen) atoms. The molecule has 0 saturated heterocycles. The smallest absolute Gasteiger partial charge is 0.159 e. The van der Waals surface area contributed by atoms with Gasteiger partial charge in [0, 0.05) is 0 Å². The Balaban J connectivity index is 2.20. The lowest BCUT2D eigenvalue weighted by Crippen LogP contribution is -1.94. The number of nitrogens with two attached hydrogens (primary N) is 1. The fraction of sp³-hybridized carbons (Fsp3) is 0.125. The predicted octanol–water partition coefficient (Wildman–Crippen LogP) is 3.99. The lowest BCUT2D eigenvalue weighted by atomic mass is 10.0. The summed E-state index contributed by atoms with van der Waals surface area (Å²) in [5.41, 5.74) is 7.98. The predicted molar refractivity (Wildman–Crippen MR) is 74.5 cm³/mol. The van der Waals surface area contributed by atoms with Crippen LogP contribution in [-0.4, -0.2) is 6.54 Å². The molecular weight excluding hydrogens is 244 g/mol. The van der Waals surface area contributed by atoms with Gasteiger partial charge in [-0.05, 0) is 41.8 Å². The fourth-order valence-electron chi connectivity index (χ4n) is 1.78. The maximum absolute atomic E-state index is 13.2. The van der Waals surface area contributed by atoms with Gasteiger partial charge in [0.15, 0.2) is 11.6 Å². The van der Waals surface area contributed by atoms with Crippen LogP contribution < -0.4 is 5.73 Å². The highest BCUT2D eigenvalue weighted by Gasteiger charge is 2.04. The van der Waals surface area contributed by atoms with Crippen molar-refractivity contribution >= 4 is 6.08 Å². The van der Waals surface area contributed by atoms with Gasteiger partial charge in [-0.2, -0.15) is 0 Å². The Hall–Kier alpha value is -2.00. The van der Waals surface area contributed by atoms with E-state index in [0.29, 0.717) is 12.1 Å². The fourth-order valence-corrected chi connectivity index (χ4v) is 1.78. The van der Waals surface area contributed by atoms with Crippen molar-refractivity contribution in [3.05, 3.63) is 65.7 Å². The van der Waals surface area contributed by atoms with Crippen LogP contribution in [0.3, 0.4) is 0 Å². The van der Waals surface area contributed by atoms with Crippen molar-refractivity contribution in [3.63, 3.8) is 0 Å². The van der Waals surface area contributed by atoms with Crippen LogP contribution in [0.15, 0.2) is 48.5 Å². The number of halogens is 2. The van der Waals surface area contributed by atoms with Gasteiger partial charge in [-0.25, -0.2) is 8.78 Å². The van der Waals surface area contributed by atoms with Crippen molar-refractivity contribution in [1.82, 2.24) is 0 Å². The quantitative estimate of drug-likeness (QED) is 0.882. The van der Waals surface area contributed by atoms with Crippen LogP contribution >= 0.6 is 0 Å². The van der Waals surface area contributed by atoms with E-state index >= 15 is 0 Å². The van der Waals surface area contributed by atoms with Crippen LogP contribution in [0.4, 0.5) is 8.78 Å². The first-order valence-electron chi connectivity index (χ1n) is 6.13. The van der Waals surface area contributed by atoms with Gasteiger partial charge in [0.1, 0.15) is 0 Å². The number of hydrogen-bond acceptors (Lipinski definition) is 1. The zero-order chi connectivity index (χ0) is 13.7. The van der Waals surface area contributed by atoms with Crippen LogP contribution in [0.2, 0.25) is 0 Å². The zero-order valence-corrected chi connectivity index (χ0v) is 10.4. The molecule has 3 heteroatoms. The first-order valence-corrected chi connectivity index (χ1v) is 6.13. The molecular formula is C16H15F2N. The molecule has 0 saturated carbocycles. The Bertz CT molecular complexity index is 574. The van der Waals surface area contributed by atoms with E-state index in [1.165, 1.54) is 6.07 Å². The average molecular weight is 259 g/mol. The summed E-state index contributed by atoms with van der Waals surface area (Å²) in [4.78, 5) is 0. The van der Waals surface area contributed by atoms with E-state index in [4.69, 9.17) is 5.73 Å². The topological polar surface area (TPSA) is 26.0 Å². The van der Waals surface area contributed by atoms with Crippen molar-refractivity contribution < 1.29 is 8.78 Å². The van der Waals surface area contributed by atoms with Crippen LogP contribution in [0.5, 0.6) is 0 Å². The van der Waals surface area contributed by atoms with Gasteiger partial charge in [0.05, 0.1) is 0 Å². The third-order valence-corrected chi connectivity index (χ3v) is 2.81. The summed E-state index contributed by atoms with van der Waals surface area (Å²) in [6.07, 6.45) is 4.83. The Morgan fingerprint density at radius 1 is 0.895 bits per heavy atom. The molecule has 0 fully saturated rings. The number of benzene rings is 2. The highest BCUT2D eigenvalue weighted by atomic mass is 19.2. The van der Waals surface area contributed by atoms with Crippen molar-refractivity contribution in [2.75, 3.05) is 6.54 Å². The van der Waals surface area contributed by atoms with Crippen LogP contribution in [0.25, 0.3) is 17.2 Å². The Kier molecular flexibility index (Phi) is 4.42. The van der Waals surface area contributed by atoms with E-state index in [9.17, 15) is 8.78 Å². The lowest BCUT2D eigenvalue weighted by molar-refractivity contribution is 0.509. The molecule has 0 radical (unpaired) electrons. The summed E-state index contributed by atoms with van der Waals surface area (Å²) in [7, 11) is 0. The van der Waals surface area contributed by atoms with Gasteiger partial charge < -0.3 is 5.73 Å². The van der Waals surface area contributed by atoms with Crippen LogP contribution in [0, 0.1) is 11.6 Å².